The van der Waals surface area contributed by atoms with Gasteiger partial charge in [0.05, 0.1) is 15.6 Å². The van der Waals surface area contributed by atoms with Gasteiger partial charge in [0, 0.05) is 6.54 Å². The van der Waals surface area contributed by atoms with E-state index in [1.807, 2.05) is 0 Å². The number of hydrogen-bond donors (Lipinski definition) is 2. The summed E-state index contributed by atoms with van der Waals surface area (Å²) in [6, 6.07) is 4.36. The van der Waals surface area contributed by atoms with Crippen LogP contribution in [0.4, 0.5) is 5.69 Å². The zero-order chi connectivity index (χ0) is 13.9. The molecule has 0 heterocycles. The molecule has 0 radical (unpaired) electrons. The van der Waals surface area contributed by atoms with Crippen LogP contribution in [-0.4, -0.2) is 15.0 Å². The Kier molecular flexibility index (Phi) is 4.71. The zero-order valence-electron chi connectivity index (χ0n) is 10.7. The number of sulfonamides is 1. The molecule has 0 bridgehead atoms. The van der Waals surface area contributed by atoms with Crippen molar-refractivity contribution in [2.45, 2.75) is 37.0 Å². The standard InChI is InChI=1S/C13H19ClN2O2S/c14-12-9-11(5-6-13(12)15)19(17,18)16-8-7-10-3-1-2-4-10/h5-6,9-10,16H,1-4,7-8,15H2. The largest absolute Gasteiger partial charge is 0.398 e. The van der Waals surface area contributed by atoms with Gasteiger partial charge in [0.25, 0.3) is 0 Å². The summed E-state index contributed by atoms with van der Waals surface area (Å²) in [6.07, 6.45) is 5.88. The van der Waals surface area contributed by atoms with Crippen molar-refractivity contribution in [2.24, 2.45) is 5.92 Å². The number of hydrogen-bond acceptors (Lipinski definition) is 3. The predicted octanol–water partition coefficient (Wildman–Crippen LogP) is 2.78. The van der Waals surface area contributed by atoms with Crippen LogP contribution in [0.3, 0.4) is 0 Å². The first-order valence-corrected chi connectivity index (χ1v) is 8.40. The van der Waals surface area contributed by atoms with Gasteiger partial charge in [-0.2, -0.15) is 0 Å². The van der Waals surface area contributed by atoms with Gasteiger partial charge in [-0.05, 0) is 30.5 Å². The zero-order valence-corrected chi connectivity index (χ0v) is 12.3. The summed E-state index contributed by atoms with van der Waals surface area (Å²) < 4.78 is 26.7. The Morgan fingerprint density at radius 2 is 2.00 bits per heavy atom. The molecular formula is C13H19ClN2O2S. The second kappa shape index (κ2) is 6.11. The first-order valence-electron chi connectivity index (χ1n) is 6.54. The van der Waals surface area contributed by atoms with E-state index in [9.17, 15) is 8.42 Å². The number of benzene rings is 1. The molecule has 0 aliphatic heterocycles. The molecule has 0 amide bonds. The molecule has 0 aromatic heterocycles. The molecule has 0 unspecified atom stereocenters. The Morgan fingerprint density at radius 3 is 2.63 bits per heavy atom. The highest BCUT2D eigenvalue weighted by Gasteiger charge is 2.18. The van der Waals surface area contributed by atoms with E-state index in [0.717, 1.165) is 6.42 Å². The lowest BCUT2D eigenvalue weighted by atomic mass is 10.1. The highest BCUT2D eigenvalue weighted by atomic mass is 35.5. The molecule has 1 saturated carbocycles. The van der Waals surface area contributed by atoms with Crippen LogP contribution in [0.2, 0.25) is 5.02 Å². The summed E-state index contributed by atoms with van der Waals surface area (Å²) in [5.41, 5.74) is 5.95. The van der Waals surface area contributed by atoms with Crippen molar-refractivity contribution in [3.05, 3.63) is 23.2 Å². The van der Waals surface area contributed by atoms with Crippen LogP contribution in [0.15, 0.2) is 23.1 Å². The number of nitrogens with two attached hydrogens (primary N) is 1. The van der Waals surface area contributed by atoms with Gasteiger partial charge in [-0.15, -0.1) is 0 Å². The van der Waals surface area contributed by atoms with Crippen molar-refractivity contribution in [3.63, 3.8) is 0 Å². The van der Waals surface area contributed by atoms with Crippen LogP contribution >= 0.6 is 11.6 Å². The van der Waals surface area contributed by atoms with Crippen LogP contribution in [0.1, 0.15) is 32.1 Å². The fraction of sp³-hybridized carbons (Fsp3) is 0.538. The van der Waals surface area contributed by atoms with Crippen LogP contribution in [-0.2, 0) is 10.0 Å². The van der Waals surface area contributed by atoms with Crippen molar-refractivity contribution in [2.75, 3.05) is 12.3 Å². The van der Waals surface area contributed by atoms with Crippen molar-refractivity contribution in [1.29, 1.82) is 0 Å². The Balaban J connectivity index is 1.95. The van der Waals surface area contributed by atoms with E-state index >= 15 is 0 Å². The third-order valence-corrected chi connectivity index (χ3v) is 5.39. The van der Waals surface area contributed by atoms with Crippen LogP contribution in [0.5, 0.6) is 0 Å². The Labute approximate surface area is 119 Å². The summed E-state index contributed by atoms with van der Waals surface area (Å²) >= 11 is 5.84. The average Bonchev–Trinajstić information content (AvgIpc) is 2.85. The highest BCUT2D eigenvalue weighted by Crippen LogP contribution is 2.27. The summed E-state index contributed by atoms with van der Waals surface area (Å²) in [6.45, 7) is 0.481. The van der Waals surface area contributed by atoms with Crippen molar-refractivity contribution in [3.8, 4) is 0 Å². The van der Waals surface area contributed by atoms with Crippen LogP contribution < -0.4 is 10.5 Å². The van der Waals surface area contributed by atoms with Gasteiger partial charge in [0.1, 0.15) is 0 Å². The fourth-order valence-corrected chi connectivity index (χ4v) is 3.77. The van der Waals surface area contributed by atoms with Crippen LogP contribution in [0.25, 0.3) is 0 Å². The molecule has 0 saturated heterocycles. The summed E-state index contributed by atoms with van der Waals surface area (Å²) in [7, 11) is -3.48. The SMILES string of the molecule is Nc1ccc(S(=O)(=O)NCCC2CCCC2)cc1Cl. The van der Waals surface area contributed by atoms with E-state index in [2.05, 4.69) is 4.72 Å². The monoisotopic (exact) mass is 302 g/mol. The second-order valence-corrected chi connectivity index (χ2v) is 7.19. The average molecular weight is 303 g/mol. The Bertz CT molecular complexity index is 540. The highest BCUT2D eigenvalue weighted by molar-refractivity contribution is 7.89. The van der Waals surface area contributed by atoms with Gasteiger partial charge in [0.15, 0.2) is 0 Å². The molecule has 1 aliphatic rings. The number of rotatable bonds is 5. The van der Waals surface area contributed by atoms with Crippen molar-refractivity contribution in [1.82, 2.24) is 4.72 Å². The minimum Gasteiger partial charge on any atom is -0.398 e. The van der Waals surface area contributed by atoms with Gasteiger partial charge < -0.3 is 5.73 Å². The van der Waals surface area contributed by atoms with E-state index in [1.165, 1.54) is 43.9 Å². The summed E-state index contributed by atoms with van der Waals surface area (Å²) in [5.74, 6) is 0.665. The van der Waals surface area contributed by atoms with E-state index in [1.54, 1.807) is 0 Å². The lowest BCUT2D eigenvalue weighted by Crippen LogP contribution is -2.26. The third-order valence-electron chi connectivity index (χ3n) is 3.60. The molecule has 0 spiro atoms. The minimum atomic E-state index is -3.48. The molecule has 1 aromatic rings. The van der Waals surface area contributed by atoms with E-state index < -0.39 is 10.0 Å². The van der Waals surface area contributed by atoms with Gasteiger partial charge in [-0.25, -0.2) is 13.1 Å². The molecule has 1 fully saturated rings. The number of nitrogens with one attached hydrogen (secondary N) is 1. The smallest absolute Gasteiger partial charge is 0.240 e. The molecule has 1 aromatic carbocycles. The maximum atomic E-state index is 12.1. The normalized spacial score (nSPS) is 16.9. The molecule has 0 atom stereocenters. The molecule has 106 valence electrons. The second-order valence-electron chi connectivity index (χ2n) is 5.02. The van der Waals surface area contributed by atoms with E-state index in [0.29, 0.717) is 18.2 Å². The van der Waals surface area contributed by atoms with Gasteiger partial charge >= 0.3 is 0 Å². The molecule has 2 rings (SSSR count). The van der Waals surface area contributed by atoms with E-state index in [-0.39, 0.29) is 9.92 Å². The molecular weight excluding hydrogens is 284 g/mol. The Morgan fingerprint density at radius 1 is 1.32 bits per heavy atom. The molecule has 3 N–H and O–H groups in total. The van der Waals surface area contributed by atoms with Gasteiger partial charge in [-0.1, -0.05) is 37.3 Å². The molecule has 6 heteroatoms. The first kappa shape index (κ1) is 14.6. The lowest BCUT2D eigenvalue weighted by Gasteiger charge is -2.11. The maximum Gasteiger partial charge on any atom is 0.240 e. The topological polar surface area (TPSA) is 72.2 Å². The van der Waals surface area contributed by atoms with Crippen molar-refractivity contribution >= 4 is 27.3 Å². The molecule has 4 nitrogen and oxygen atoms in total. The van der Waals surface area contributed by atoms with Crippen molar-refractivity contribution < 1.29 is 8.42 Å². The number of halogens is 1. The minimum absolute atomic E-state index is 0.165. The van der Waals surface area contributed by atoms with E-state index in [4.69, 9.17) is 17.3 Å². The van der Waals surface area contributed by atoms with Gasteiger partial charge in [-0.3, -0.25) is 0 Å². The first-order chi connectivity index (χ1) is 8.99. The van der Waals surface area contributed by atoms with Gasteiger partial charge in [0.2, 0.25) is 10.0 Å². The van der Waals surface area contributed by atoms with Crippen LogP contribution in [0, 0.1) is 5.92 Å². The molecule has 1 aliphatic carbocycles. The Hall–Kier alpha value is -0.780. The molecule has 19 heavy (non-hydrogen) atoms. The number of nitrogen functional groups attached to an aromatic ring is 1. The quantitative estimate of drug-likeness (QED) is 0.822. The predicted molar refractivity (Wildman–Crippen MR) is 77.6 cm³/mol. The summed E-state index contributed by atoms with van der Waals surface area (Å²) in [4.78, 5) is 0.165. The maximum absolute atomic E-state index is 12.1. The summed E-state index contributed by atoms with van der Waals surface area (Å²) in [5, 5.41) is 0.263. The fourth-order valence-electron chi connectivity index (χ4n) is 2.45. The number of anilines is 1. The third kappa shape index (κ3) is 3.84. The lowest BCUT2D eigenvalue weighted by molar-refractivity contribution is 0.495.